The van der Waals surface area contributed by atoms with Crippen LogP contribution in [0, 0.1) is 5.41 Å². The Kier molecular flexibility index (Phi) is 4.08. The lowest BCUT2D eigenvalue weighted by Crippen LogP contribution is -2.72. The van der Waals surface area contributed by atoms with Crippen LogP contribution in [0.15, 0.2) is 18.2 Å². The van der Waals surface area contributed by atoms with E-state index in [1.165, 1.54) is 0 Å². The number of hydrogen-bond donors (Lipinski definition) is 1. The van der Waals surface area contributed by atoms with Gasteiger partial charge in [0.25, 0.3) is 0 Å². The van der Waals surface area contributed by atoms with Crippen LogP contribution in [0.2, 0.25) is 10.0 Å². The SMILES string of the molecule is NC(=O)C1N(C(=O)CCc2cc(Cl)cc(Cl)c2)CC12CCC2. The van der Waals surface area contributed by atoms with Gasteiger partial charge in [0.2, 0.25) is 11.8 Å². The number of nitrogens with zero attached hydrogens (tertiary/aromatic N) is 1. The van der Waals surface area contributed by atoms with Gasteiger partial charge in [-0.15, -0.1) is 0 Å². The zero-order valence-corrected chi connectivity index (χ0v) is 13.7. The predicted molar refractivity (Wildman–Crippen MR) is 85.8 cm³/mol. The third kappa shape index (κ3) is 2.70. The van der Waals surface area contributed by atoms with Gasteiger partial charge in [0.15, 0.2) is 0 Å². The Morgan fingerprint density at radius 1 is 1.23 bits per heavy atom. The molecule has 0 bridgehead atoms. The molecule has 22 heavy (non-hydrogen) atoms. The lowest BCUT2D eigenvalue weighted by atomic mass is 9.57. The number of rotatable bonds is 4. The van der Waals surface area contributed by atoms with E-state index >= 15 is 0 Å². The quantitative estimate of drug-likeness (QED) is 0.915. The number of amides is 2. The van der Waals surface area contributed by atoms with Crippen LogP contribution < -0.4 is 5.73 Å². The summed E-state index contributed by atoms with van der Waals surface area (Å²) in [7, 11) is 0. The number of primary amides is 1. The van der Waals surface area contributed by atoms with Crippen molar-refractivity contribution in [1.82, 2.24) is 4.90 Å². The summed E-state index contributed by atoms with van der Waals surface area (Å²) >= 11 is 11.9. The number of likely N-dealkylation sites (tertiary alicyclic amines) is 1. The Labute approximate surface area is 139 Å². The van der Waals surface area contributed by atoms with Crippen LogP contribution in [0.3, 0.4) is 0 Å². The molecule has 2 fully saturated rings. The van der Waals surface area contributed by atoms with Crippen molar-refractivity contribution >= 4 is 35.0 Å². The van der Waals surface area contributed by atoms with Crippen LogP contribution in [0.25, 0.3) is 0 Å². The smallest absolute Gasteiger partial charge is 0.240 e. The topological polar surface area (TPSA) is 63.4 Å². The van der Waals surface area contributed by atoms with Gasteiger partial charge < -0.3 is 10.6 Å². The molecule has 2 aliphatic rings. The molecule has 1 saturated carbocycles. The summed E-state index contributed by atoms with van der Waals surface area (Å²) in [6.07, 6.45) is 3.99. The van der Waals surface area contributed by atoms with Crippen LogP contribution in [0.1, 0.15) is 31.2 Å². The van der Waals surface area contributed by atoms with Crippen LogP contribution in [-0.2, 0) is 16.0 Å². The molecule has 0 aromatic heterocycles. The number of halogens is 2. The number of hydrogen-bond acceptors (Lipinski definition) is 2. The average Bonchev–Trinajstić information content (AvgIpc) is 2.31. The van der Waals surface area contributed by atoms with Crippen molar-refractivity contribution in [3.8, 4) is 0 Å². The highest BCUT2D eigenvalue weighted by atomic mass is 35.5. The lowest BCUT2D eigenvalue weighted by Gasteiger charge is -2.60. The molecule has 2 N–H and O–H groups in total. The van der Waals surface area contributed by atoms with E-state index in [1.54, 1.807) is 23.1 Å². The second-order valence-electron chi connectivity index (χ2n) is 6.32. The van der Waals surface area contributed by atoms with E-state index in [0.717, 1.165) is 24.8 Å². The van der Waals surface area contributed by atoms with Crippen LogP contribution in [0.5, 0.6) is 0 Å². The van der Waals surface area contributed by atoms with Gasteiger partial charge in [0, 0.05) is 28.4 Å². The maximum absolute atomic E-state index is 12.4. The molecule has 1 aromatic carbocycles. The summed E-state index contributed by atoms with van der Waals surface area (Å²) in [5.41, 5.74) is 6.38. The number of nitrogens with two attached hydrogens (primary N) is 1. The number of benzene rings is 1. The van der Waals surface area contributed by atoms with E-state index in [9.17, 15) is 9.59 Å². The molecule has 1 saturated heterocycles. The molecule has 1 unspecified atom stereocenters. The van der Waals surface area contributed by atoms with Crippen LogP contribution in [-0.4, -0.2) is 29.3 Å². The Bertz CT molecular complexity index is 608. The number of carbonyl (C=O) groups is 2. The summed E-state index contributed by atoms with van der Waals surface area (Å²) in [5.74, 6) is -0.414. The van der Waals surface area contributed by atoms with Crippen molar-refractivity contribution in [2.45, 2.75) is 38.1 Å². The fourth-order valence-electron chi connectivity index (χ4n) is 3.64. The average molecular weight is 341 g/mol. The Hall–Kier alpha value is -1.26. The zero-order valence-electron chi connectivity index (χ0n) is 12.1. The van der Waals surface area contributed by atoms with Gasteiger partial charge >= 0.3 is 0 Å². The van der Waals surface area contributed by atoms with E-state index in [1.807, 2.05) is 0 Å². The first-order valence-corrected chi connectivity index (χ1v) is 8.21. The summed E-state index contributed by atoms with van der Waals surface area (Å²) in [6, 6.07) is 4.84. The highest BCUT2D eigenvalue weighted by Gasteiger charge is 2.59. The maximum Gasteiger partial charge on any atom is 0.240 e. The highest BCUT2D eigenvalue weighted by Crippen LogP contribution is 2.53. The first-order chi connectivity index (χ1) is 10.4. The standard InChI is InChI=1S/C16H18Cl2N2O2/c17-11-6-10(7-12(18)8-11)2-3-13(21)20-9-16(4-1-5-16)14(20)15(19)22/h6-8,14H,1-5,9H2,(H2,19,22). The van der Waals surface area contributed by atoms with Gasteiger partial charge in [-0.05, 0) is 43.0 Å². The fraction of sp³-hybridized carbons (Fsp3) is 0.500. The van der Waals surface area contributed by atoms with Crippen LogP contribution in [0.4, 0.5) is 0 Å². The summed E-state index contributed by atoms with van der Waals surface area (Å²) in [6.45, 7) is 0.662. The van der Waals surface area contributed by atoms with E-state index in [2.05, 4.69) is 0 Å². The van der Waals surface area contributed by atoms with E-state index in [0.29, 0.717) is 29.4 Å². The molecule has 1 aliphatic carbocycles. The second kappa shape index (κ2) is 5.74. The number of carbonyl (C=O) groups excluding carboxylic acids is 2. The molecule has 6 heteroatoms. The summed E-state index contributed by atoms with van der Waals surface area (Å²) in [4.78, 5) is 25.7. The molecule has 2 amide bonds. The van der Waals surface area contributed by atoms with E-state index in [-0.39, 0.29) is 17.2 Å². The van der Waals surface area contributed by atoms with Crippen LogP contribution >= 0.6 is 23.2 Å². The lowest BCUT2D eigenvalue weighted by molar-refractivity contribution is -0.174. The van der Waals surface area contributed by atoms with Gasteiger partial charge in [0.05, 0.1) is 0 Å². The molecule has 1 spiro atoms. The normalized spacial score (nSPS) is 22.1. The fourth-order valence-corrected chi connectivity index (χ4v) is 4.21. The molecule has 3 rings (SSSR count). The minimum Gasteiger partial charge on any atom is -0.368 e. The monoisotopic (exact) mass is 340 g/mol. The first kappa shape index (κ1) is 15.6. The summed E-state index contributed by atoms with van der Waals surface area (Å²) in [5, 5.41) is 1.12. The van der Waals surface area contributed by atoms with Gasteiger partial charge in [-0.3, -0.25) is 9.59 Å². The molecule has 1 aromatic rings. The summed E-state index contributed by atoms with van der Waals surface area (Å²) < 4.78 is 0. The minimum atomic E-state index is -0.420. The van der Waals surface area contributed by atoms with Crippen molar-refractivity contribution in [3.63, 3.8) is 0 Å². The van der Waals surface area contributed by atoms with E-state index in [4.69, 9.17) is 28.9 Å². The molecule has 1 atom stereocenters. The van der Waals surface area contributed by atoms with Crippen molar-refractivity contribution in [3.05, 3.63) is 33.8 Å². The van der Waals surface area contributed by atoms with Gasteiger partial charge in [-0.2, -0.15) is 0 Å². The van der Waals surface area contributed by atoms with Crippen molar-refractivity contribution in [1.29, 1.82) is 0 Å². The predicted octanol–water partition coefficient (Wildman–Crippen LogP) is 2.79. The van der Waals surface area contributed by atoms with Gasteiger partial charge in [0.1, 0.15) is 6.04 Å². The Morgan fingerprint density at radius 2 is 1.86 bits per heavy atom. The highest BCUT2D eigenvalue weighted by molar-refractivity contribution is 6.34. The second-order valence-corrected chi connectivity index (χ2v) is 7.19. The first-order valence-electron chi connectivity index (χ1n) is 7.45. The maximum atomic E-state index is 12.4. The molecule has 0 radical (unpaired) electrons. The van der Waals surface area contributed by atoms with Crippen molar-refractivity contribution in [2.75, 3.05) is 6.54 Å². The third-order valence-corrected chi connectivity index (χ3v) is 5.30. The van der Waals surface area contributed by atoms with Gasteiger partial charge in [-0.25, -0.2) is 0 Å². The van der Waals surface area contributed by atoms with Crippen molar-refractivity contribution < 1.29 is 9.59 Å². The Balaban J connectivity index is 1.61. The molecule has 4 nitrogen and oxygen atoms in total. The van der Waals surface area contributed by atoms with Crippen molar-refractivity contribution in [2.24, 2.45) is 11.1 Å². The van der Waals surface area contributed by atoms with E-state index < -0.39 is 6.04 Å². The zero-order chi connectivity index (χ0) is 15.9. The van der Waals surface area contributed by atoms with Gasteiger partial charge in [-0.1, -0.05) is 29.6 Å². The minimum absolute atomic E-state index is 0.0269. The third-order valence-electron chi connectivity index (χ3n) is 4.87. The largest absolute Gasteiger partial charge is 0.368 e. The Morgan fingerprint density at radius 3 is 2.36 bits per heavy atom. The number of aryl methyl sites for hydroxylation is 1. The molecule has 118 valence electrons. The molecular formula is C16H18Cl2N2O2. The molecule has 1 heterocycles. The molecule has 1 aliphatic heterocycles. The molecular weight excluding hydrogens is 323 g/mol.